The minimum Gasteiger partial charge on any atom is -0.478 e. The maximum atomic E-state index is 12.7. The number of nitrogens with one attached hydrogen (secondary N) is 1. The van der Waals surface area contributed by atoms with Gasteiger partial charge >= 0.3 is 5.97 Å². The second-order valence-electron chi connectivity index (χ2n) is 3.12. The molecule has 1 aromatic carbocycles. The van der Waals surface area contributed by atoms with E-state index in [9.17, 15) is 14.0 Å². The molecule has 1 amide bonds. The van der Waals surface area contributed by atoms with Crippen molar-refractivity contribution in [1.82, 2.24) is 0 Å². The van der Waals surface area contributed by atoms with E-state index in [4.69, 9.17) is 5.11 Å². The number of aliphatic carboxylic acids is 1. The number of hydrogen-bond acceptors (Lipinski definition) is 2. The van der Waals surface area contributed by atoms with Crippen LogP contribution in [0.3, 0.4) is 0 Å². The Kier molecular flexibility index (Phi) is 3.77. The first-order valence-electron chi connectivity index (χ1n) is 4.47. The molecular formula is C11H10FNO3. The standard InChI is InChI=1S/C11H10FNO3/c1-7-6-8(12)2-3-9(7)13-10(14)4-5-11(15)16/h2-6H,1H3,(H,13,14)(H,15,16)/b5-4+. The van der Waals surface area contributed by atoms with Gasteiger partial charge in [-0.3, -0.25) is 4.79 Å². The molecule has 5 heteroatoms. The molecule has 0 spiro atoms. The summed E-state index contributed by atoms with van der Waals surface area (Å²) < 4.78 is 12.7. The van der Waals surface area contributed by atoms with Crippen molar-refractivity contribution in [3.8, 4) is 0 Å². The van der Waals surface area contributed by atoms with Gasteiger partial charge in [0.1, 0.15) is 5.82 Å². The van der Waals surface area contributed by atoms with E-state index in [1.165, 1.54) is 18.2 Å². The van der Waals surface area contributed by atoms with Crippen molar-refractivity contribution in [2.75, 3.05) is 5.32 Å². The minimum atomic E-state index is -1.20. The molecule has 0 fully saturated rings. The van der Waals surface area contributed by atoms with Crippen molar-refractivity contribution >= 4 is 17.6 Å². The Morgan fingerprint density at radius 1 is 1.38 bits per heavy atom. The predicted molar refractivity (Wildman–Crippen MR) is 56.5 cm³/mol. The molecule has 0 aliphatic rings. The van der Waals surface area contributed by atoms with E-state index < -0.39 is 17.7 Å². The number of carboxylic acids is 1. The largest absolute Gasteiger partial charge is 0.478 e. The fourth-order valence-electron chi connectivity index (χ4n) is 1.09. The third kappa shape index (κ3) is 3.53. The molecule has 0 unspecified atom stereocenters. The number of rotatable bonds is 3. The second kappa shape index (κ2) is 5.06. The summed E-state index contributed by atoms with van der Waals surface area (Å²) in [7, 11) is 0. The minimum absolute atomic E-state index is 0.392. The Morgan fingerprint density at radius 3 is 2.62 bits per heavy atom. The number of carbonyl (C=O) groups excluding carboxylic acids is 1. The van der Waals surface area contributed by atoms with Gasteiger partial charge in [-0.1, -0.05) is 0 Å². The summed E-state index contributed by atoms with van der Waals surface area (Å²) in [6.45, 7) is 1.64. The van der Waals surface area contributed by atoms with Crippen LogP contribution in [0.4, 0.5) is 10.1 Å². The zero-order valence-electron chi connectivity index (χ0n) is 8.53. The monoisotopic (exact) mass is 223 g/mol. The zero-order chi connectivity index (χ0) is 12.1. The maximum Gasteiger partial charge on any atom is 0.328 e. The summed E-state index contributed by atoms with van der Waals surface area (Å²) in [5.74, 6) is -2.17. The Morgan fingerprint density at radius 2 is 2.06 bits per heavy atom. The lowest BCUT2D eigenvalue weighted by Crippen LogP contribution is -2.09. The van der Waals surface area contributed by atoms with Gasteiger partial charge in [0.05, 0.1) is 0 Å². The van der Waals surface area contributed by atoms with Crippen molar-refractivity contribution in [2.24, 2.45) is 0 Å². The smallest absolute Gasteiger partial charge is 0.328 e. The van der Waals surface area contributed by atoms with Crippen LogP contribution in [-0.4, -0.2) is 17.0 Å². The zero-order valence-corrected chi connectivity index (χ0v) is 8.53. The van der Waals surface area contributed by atoms with Crippen LogP contribution in [0.25, 0.3) is 0 Å². The number of benzene rings is 1. The average Bonchev–Trinajstić information content (AvgIpc) is 2.19. The second-order valence-corrected chi connectivity index (χ2v) is 3.12. The summed E-state index contributed by atoms with van der Waals surface area (Å²) in [5.41, 5.74) is 1.01. The van der Waals surface area contributed by atoms with Gasteiger partial charge in [-0.2, -0.15) is 0 Å². The summed E-state index contributed by atoms with van der Waals surface area (Å²) in [4.78, 5) is 21.4. The molecule has 2 N–H and O–H groups in total. The van der Waals surface area contributed by atoms with Crippen LogP contribution in [0.5, 0.6) is 0 Å². The average molecular weight is 223 g/mol. The molecule has 16 heavy (non-hydrogen) atoms. The summed E-state index contributed by atoms with van der Waals surface area (Å²) in [6, 6.07) is 3.90. The molecule has 0 aliphatic heterocycles. The van der Waals surface area contributed by atoms with Crippen molar-refractivity contribution in [3.05, 3.63) is 41.7 Å². The molecule has 0 saturated carbocycles. The van der Waals surface area contributed by atoms with E-state index in [2.05, 4.69) is 5.32 Å². The maximum absolute atomic E-state index is 12.7. The van der Waals surface area contributed by atoms with Gasteiger partial charge < -0.3 is 10.4 Å². The molecule has 1 aromatic rings. The van der Waals surface area contributed by atoms with Crippen LogP contribution < -0.4 is 5.32 Å². The van der Waals surface area contributed by atoms with Gasteiger partial charge in [0, 0.05) is 17.8 Å². The fraction of sp³-hybridized carbons (Fsp3) is 0.0909. The predicted octanol–water partition coefficient (Wildman–Crippen LogP) is 1.71. The van der Waals surface area contributed by atoms with Gasteiger partial charge in [0.15, 0.2) is 0 Å². The summed E-state index contributed by atoms with van der Waals surface area (Å²) >= 11 is 0. The number of aryl methyl sites for hydroxylation is 1. The molecule has 0 heterocycles. The van der Waals surface area contributed by atoms with Gasteiger partial charge in [-0.15, -0.1) is 0 Å². The van der Waals surface area contributed by atoms with E-state index in [0.717, 1.165) is 12.2 Å². The lowest BCUT2D eigenvalue weighted by atomic mass is 10.2. The van der Waals surface area contributed by atoms with Crippen LogP contribution in [0.1, 0.15) is 5.56 Å². The first-order chi connectivity index (χ1) is 7.49. The molecule has 4 nitrogen and oxygen atoms in total. The summed E-state index contributed by atoms with van der Waals surface area (Å²) in [5, 5.41) is 10.7. The van der Waals surface area contributed by atoms with Crippen LogP contribution in [0.15, 0.2) is 30.4 Å². The van der Waals surface area contributed by atoms with E-state index in [1.54, 1.807) is 6.92 Å². The highest BCUT2D eigenvalue weighted by Gasteiger charge is 2.02. The van der Waals surface area contributed by atoms with Gasteiger partial charge in [0.2, 0.25) is 5.91 Å². The highest BCUT2D eigenvalue weighted by atomic mass is 19.1. The molecule has 0 aromatic heterocycles. The lowest BCUT2D eigenvalue weighted by Gasteiger charge is -2.05. The number of carbonyl (C=O) groups is 2. The first kappa shape index (κ1) is 11.9. The number of hydrogen-bond donors (Lipinski definition) is 2. The molecule has 1 rings (SSSR count). The molecular weight excluding hydrogens is 213 g/mol. The van der Waals surface area contributed by atoms with E-state index in [1.807, 2.05) is 0 Å². The number of halogens is 1. The number of amides is 1. The third-order valence-electron chi connectivity index (χ3n) is 1.82. The highest BCUT2D eigenvalue weighted by Crippen LogP contribution is 2.15. The SMILES string of the molecule is Cc1cc(F)ccc1NC(=O)/C=C/C(=O)O. The van der Waals surface area contributed by atoms with Crippen LogP contribution >= 0.6 is 0 Å². The van der Waals surface area contributed by atoms with Crippen molar-refractivity contribution < 1.29 is 19.1 Å². The van der Waals surface area contributed by atoms with Crippen LogP contribution in [0, 0.1) is 12.7 Å². The quantitative estimate of drug-likeness (QED) is 0.766. The Balaban J connectivity index is 2.73. The normalized spacial score (nSPS) is 10.4. The molecule has 0 radical (unpaired) electrons. The van der Waals surface area contributed by atoms with Crippen molar-refractivity contribution in [2.45, 2.75) is 6.92 Å². The molecule has 84 valence electrons. The van der Waals surface area contributed by atoms with Gasteiger partial charge in [-0.05, 0) is 30.7 Å². The number of anilines is 1. The number of carboxylic acid groups (broad SMARTS) is 1. The van der Waals surface area contributed by atoms with Gasteiger partial charge in [0.25, 0.3) is 0 Å². The molecule has 0 saturated heterocycles. The van der Waals surface area contributed by atoms with Crippen LogP contribution in [-0.2, 0) is 9.59 Å². The van der Waals surface area contributed by atoms with Crippen molar-refractivity contribution in [1.29, 1.82) is 0 Å². The highest BCUT2D eigenvalue weighted by molar-refractivity contribution is 6.02. The molecule has 0 bridgehead atoms. The fourth-order valence-corrected chi connectivity index (χ4v) is 1.09. The van der Waals surface area contributed by atoms with Gasteiger partial charge in [-0.25, -0.2) is 9.18 Å². The molecule has 0 atom stereocenters. The molecule has 0 aliphatic carbocycles. The van der Waals surface area contributed by atoms with E-state index in [-0.39, 0.29) is 0 Å². The first-order valence-corrected chi connectivity index (χ1v) is 4.47. The van der Waals surface area contributed by atoms with Crippen LogP contribution in [0.2, 0.25) is 0 Å². The van der Waals surface area contributed by atoms with Crippen molar-refractivity contribution in [3.63, 3.8) is 0 Å². The Hall–Kier alpha value is -2.17. The Labute approximate surface area is 91.4 Å². The topological polar surface area (TPSA) is 66.4 Å². The summed E-state index contributed by atoms with van der Waals surface area (Å²) in [6.07, 6.45) is 1.62. The third-order valence-corrected chi connectivity index (χ3v) is 1.82. The Bertz CT molecular complexity index is 455. The van der Waals surface area contributed by atoms with E-state index >= 15 is 0 Å². The lowest BCUT2D eigenvalue weighted by molar-refractivity contribution is -0.131. The van der Waals surface area contributed by atoms with E-state index in [0.29, 0.717) is 11.3 Å².